The highest BCUT2D eigenvalue weighted by Crippen LogP contribution is 2.24. The lowest BCUT2D eigenvalue weighted by atomic mass is 9.97. The van der Waals surface area contributed by atoms with Crippen LogP contribution in [0.5, 0.6) is 5.88 Å². The van der Waals surface area contributed by atoms with Crippen molar-refractivity contribution in [2.45, 2.75) is 26.7 Å². The molecule has 9 heteroatoms. The second-order valence-electron chi connectivity index (χ2n) is 8.77. The molecule has 33 heavy (non-hydrogen) atoms. The summed E-state index contributed by atoms with van der Waals surface area (Å²) in [5, 5.41) is 17.4. The zero-order valence-corrected chi connectivity index (χ0v) is 18.9. The van der Waals surface area contributed by atoms with Crippen LogP contribution in [0.1, 0.15) is 37.0 Å². The van der Waals surface area contributed by atoms with Crippen molar-refractivity contribution in [2.24, 2.45) is 11.8 Å². The summed E-state index contributed by atoms with van der Waals surface area (Å²) in [5.74, 6) is 0.198. The molecule has 9 nitrogen and oxygen atoms in total. The van der Waals surface area contributed by atoms with E-state index >= 15 is 0 Å². The minimum Gasteiger partial charge on any atom is -0.493 e. The third-order valence-corrected chi connectivity index (χ3v) is 5.73. The van der Waals surface area contributed by atoms with E-state index in [0.717, 1.165) is 18.4 Å². The highest BCUT2D eigenvalue weighted by atomic mass is 16.6. The molecule has 0 spiro atoms. The Balaban J connectivity index is 1.37. The lowest BCUT2D eigenvalue weighted by Crippen LogP contribution is -2.42. The second-order valence-corrected chi connectivity index (χ2v) is 8.77. The first kappa shape index (κ1) is 22.6. The maximum absolute atomic E-state index is 12.9. The van der Waals surface area contributed by atoms with Gasteiger partial charge < -0.3 is 20.1 Å². The average Bonchev–Trinajstić information content (AvgIpc) is 3.26. The van der Waals surface area contributed by atoms with Crippen molar-refractivity contribution in [1.29, 1.82) is 0 Å². The van der Waals surface area contributed by atoms with Crippen LogP contribution in [-0.2, 0) is 4.74 Å². The maximum Gasteiger partial charge on any atom is 0.409 e. The van der Waals surface area contributed by atoms with Crippen LogP contribution in [-0.4, -0.2) is 62.8 Å². The number of benzene rings is 1. The van der Waals surface area contributed by atoms with Crippen LogP contribution in [0.2, 0.25) is 0 Å². The molecular weight excluding hydrogens is 422 g/mol. The van der Waals surface area contributed by atoms with Gasteiger partial charge >= 0.3 is 6.09 Å². The highest BCUT2D eigenvalue weighted by molar-refractivity contribution is 6.00. The molecular formula is C24H29N5O4. The molecule has 0 atom stereocenters. The number of hydrogen-bond donors (Lipinski definition) is 2. The summed E-state index contributed by atoms with van der Waals surface area (Å²) in [6.07, 6.45) is 2.74. The van der Waals surface area contributed by atoms with Gasteiger partial charge in [-0.05, 0) is 24.7 Å². The van der Waals surface area contributed by atoms with Crippen molar-refractivity contribution in [3.05, 3.63) is 48.2 Å². The smallest absolute Gasteiger partial charge is 0.409 e. The molecule has 2 aromatic heterocycles. The number of amides is 2. The molecule has 1 aliphatic heterocycles. The van der Waals surface area contributed by atoms with Gasteiger partial charge in [-0.3, -0.25) is 4.79 Å². The molecule has 0 bridgehead atoms. The van der Waals surface area contributed by atoms with Crippen molar-refractivity contribution in [1.82, 2.24) is 24.8 Å². The molecule has 0 saturated carbocycles. The minimum absolute atomic E-state index is 0.0883. The third kappa shape index (κ3) is 5.24. The predicted octanol–water partition coefficient (Wildman–Crippen LogP) is 3.34. The van der Waals surface area contributed by atoms with E-state index in [2.05, 4.69) is 15.4 Å². The zero-order valence-electron chi connectivity index (χ0n) is 18.9. The Labute approximate surface area is 192 Å². The molecule has 174 valence electrons. The number of aromatic hydroxyl groups is 1. The van der Waals surface area contributed by atoms with Crippen molar-refractivity contribution >= 4 is 17.6 Å². The molecule has 1 saturated heterocycles. The van der Waals surface area contributed by atoms with Crippen LogP contribution in [0.25, 0.3) is 16.9 Å². The van der Waals surface area contributed by atoms with Gasteiger partial charge in [0.25, 0.3) is 5.91 Å². The Kier molecular flexibility index (Phi) is 6.76. The fraction of sp³-hybridized carbons (Fsp3) is 0.417. The quantitative estimate of drug-likeness (QED) is 0.595. The Hall–Kier alpha value is -3.62. The van der Waals surface area contributed by atoms with Gasteiger partial charge in [-0.15, -0.1) is 0 Å². The van der Waals surface area contributed by atoms with E-state index in [1.54, 1.807) is 4.90 Å². The normalized spacial score (nSPS) is 14.6. The largest absolute Gasteiger partial charge is 0.493 e. The molecule has 0 aliphatic carbocycles. The van der Waals surface area contributed by atoms with Gasteiger partial charge in [-0.2, -0.15) is 9.61 Å². The summed E-state index contributed by atoms with van der Waals surface area (Å²) in [7, 11) is 0. The van der Waals surface area contributed by atoms with E-state index in [9.17, 15) is 14.7 Å². The Bertz CT molecular complexity index is 1120. The SMILES string of the molecule is CC(C)COC(=O)N1CCC(CNC(=O)c2cnn3c(O)cc(-c4ccccc4)nc23)CC1. The first-order chi connectivity index (χ1) is 15.9. The van der Waals surface area contributed by atoms with E-state index in [-0.39, 0.29) is 23.8 Å². The van der Waals surface area contributed by atoms with Gasteiger partial charge in [0.1, 0.15) is 5.56 Å². The van der Waals surface area contributed by atoms with Crippen molar-refractivity contribution in [3.8, 4) is 17.1 Å². The van der Waals surface area contributed by atoms with Crippen LogP contribution >= 0.6 is 0 Å². The number of aromatic nitrogens is 3. The lowest BCUT2D eigenvalue weighted by molar-refractivity contribution is 0.0773. The standard InChI is InChI=1S/C24H29N5O4/c1-16(2)15-33-24(32)28-10-8-17(9-11-28)13-25-23(31)19-14-26-29-21(30)12-20(27-22(19)29)18-6-4-3-5-7-18/h3-7,12,14,16-17,30H,8-11,13,15H2,1-2H3,(H,25,31). The number of carbonyl (C=O) groups excluding carboxylic acids is 2. The number of carbonyl (C=O) groups is 2. The molecule has 1 fully saturated rings. The first-order valence-electron chi connectivity index (χ1n) is 11.3. The summed E-state index contributed by atoms with van der Waals surface area (Å²) < 4.78 is 6.55. The molecule has 1 aromatic carbocycles. The fourth-order valence-corrected chi connectivity index (χ4v) is 3.85. The molecule has 1 aliphatic rings. The summed E-state index contributed by atoms with van der Waals surface area (Å²) in [5.41, 5.74) is 2.00. The monoisotopic (exact) mass is 451 g/mol. The fourth-order valence-electron chi connectivity index (χ4n) is 3.85. The van der Waals surface area contributed by atoms with Crippen LogP contribution in [0, 0.1) is 11.8 Å². The molecule has 3 aromatic rings. The molecule has 2 amide bonds. The van der Waals surface area contributed by atoms with E-state index in [1.165, 1.54) is 16.8 Å². The zero-order chi connectivity index (χ0) is 23.4. The van der Waals surface area contributed by atoms with E-state index < -0.39 is 0 Å². The van der Waals surface area contributed by atoms with Crippen LogP contribution in [0.4, 0.5) is 4.79 Å². The number of ether oxygens (including phenoxy) is 1. The van der Waals surface area contributed by atoms with Gasteiger partial charge in [0.05, 0.1) is 18.5 Å². The van der Waals surface area contributed by atoms with Gasteiger partial charge in [0.15, 0.2) is 5.65 Å². The minimum atomic E-state index is -0.291. The number of rotatable bonds is 6. The highest BCUT2D eigenvalue weighted by Gasteiger charge is 2.25. The first-order valence-corrected chi connectivity index (χ1v) is 11.3. The lowest BCUT2D eigenvalue weighted by Gasteiger charge is -2.31. The average molecular weight is 452 g/mol. The summed E-state index contributed by atoms with van der Waals surface area (Å²) >= 11 is 0. The van der Waals surface area contributed by atoms with Gasteiger partial charge in [-0.25, -0.2) is 9.78 Å². The number of nitrogens with one attached hydrogen (secondary N) is 1. The molecule has 0 unspecified atom stereocenters. The number of hydrogen-bond acceptors (Lipinski definition) is 6. The Morgan fingerprint density at radius 2 is 1.94 bits per heavy atom. The van der Waals surface area contributed by atoms with Crippen molar-refractivity contribution in [3.63, 3.8) is 0 Å². The van der Waals surface area contributed by atoms with Crippen LogP contribution in [0.3, 0.4) is 0 Å². The third-order valence-electron chi connectivity index (χ3n) is 5.73. The van der Waals surface area contributed by atoms with Crippen LogP contribution < -0.4 is 5.32 Å². The number of fused-ring (bicyclic) bond motifs is 1. The molecule has 3 heterocycles. The Morgan fingerprint density at radius 3 is 2.64 bits per heavy atom. The second kappa shape index (κ2) is 9.89. The summed E-state index contributed by atoms with van der Waals surface area (Å²) in [6, 6.07) is 11.0. The topological polar surface area (TPSA) is 109 Å². The van der Waals surface area contributed by atoms with E-state index in [0.29, 0.717) is 49.1 Å². The molecule has 4 rings (SSSR count). The van der Waals surface area contributed by atoms with Crippen molar-refractivity contribution < 1.29 is 19.4 Å². The number of nitrogens with zero attached hydrogens (tertiary/aromatic N) is 4. The Morgan fingerprint density at radius 1 is 1.21 bits per heavy atom. The van der Waals surface area contributed by atoms with Crippen molar-refractivity contribution in [2.75, 3.05) is 26.2 Å². The molecule has 0 radical (unpaired) electrons. The van der Waals surface area contributed by atoms with Gasteiger partial charge in [-0.1, -0.05) is 44.2 Å². The van der Waals surface area contributed by atoms with E-state index in [4.69, 9.17) is 4.74 Å². The number of likely N-dealkylation sites (tertiary alicyclic amines) is 1. The van der Waals surface area contributed by atoms with Crippen LogP contribution in [0.15, 0.2) is 42.6 Å². The van der Waals surface area contributed by atoms with Gasteiger partial charge in [0, 0.05) is 31.3 Å². The number of piperidine rings is 1. The molecule has 2 N–H and O–H groups in total. The summed E-state index contributed by atoms with van der Waals surface area (Å²) in [6.45, 7) is 6.16. The summed E-state index contributed by atoms with van der Waals surface area (Å²) in [4.78, 5) is 31.3. The van der Waals surface area contributed by atoms with Gasteiger partial charge in [0.2, 0.25) is 5.88 Å². The predicted molar refractivity (Wildman–Crippen MR) is 123 cm³/mol. The van der Waals surface area contributed by atoms with E-state index in [1.807, 2.05) is 44.2 Å². The maximum atomic E-state index is 12.9.